The second-order valence-corrected chi connectivity index (χ2v) is 4.38. The highest BCUT2D eigenvalue weighted by atomic mass is 19.4. The molecule has 1 aliphatic rings. The number of fused-ring (bicyclic) bond motifs is 1. The molecule has 1 aromatic rings. The number of hydrogen-bond donors (Lipinski definition) is 0. The van der Waals surface area contributed by atoms with E-state index in [0.717, 1.165) is 17.5 Å². The summed E-state index contributed by atoms with van der Waals surface area (Å²) in [6.45, 7) is 4.05. The molecule has 0 bridgehead atoms. The van der Waals surface area contributed by atoms with Crippen molar-refractivity contribution in [2.24, 2.45) is 0 Å². The monoisotopic (exact) mass is 214 g/mol. The minimum Gasteiger partial charge on any atom is -0.166 e. The third-order valence-corrected chi connectivity index (χ3v) is 3.18. The van der Waals surface area contributed by atoms with Crippen molar-refractivity contribution in [2.45, 2.75) is 38.3 Å². The first-order valence-corrected chi connectivity index (χ1v) is 5.10. The zero-order valence-electron chi connectivity index (χ0n) is 8.73. The molecule has 3 heteroatoms. The number of rotatable bonds is 0. The lowest BCUT2D eigenvalue weighted by molar-refractivity contribution is -0.137. The number of hydrogen-bond acceptors (Lipinski definition) is 0. The molecule has 0 aliphatic heterocycles. The van der Waals surface area contributed by atoms with E-state index in [1.165, 1.54) is 12.1 Å². The van der Waals surface area contributed by atoms with Crippen LogP contribution in [0, 0.1) is 0 Å². The van der Waals surface area contributed by atoms with E-state index in [4.69, 9.17) is 0 Å². The van der Waals surface area contributed by atoms with Crippen molar-refractivity contribution in [1.29, 1.82) is 0 Å². The van der Waals surface area contributed by atoms with Crippen molar-refractivity contribution in [3.63, 3.8) is 0 Å². The average molecular weight is 214 g/mol. The van der Waals surface area contributed by atoms with Crippen LogP contribution >= 0.6 is 0 Å². The van der Waals surface area contributed by atoms with E-state index in [2.05, 4.69) is 6.92 Å². The lowest BCUT2D eigenvalue weighted by atomic mass is 10.00. The van der Waals surface area contributed by atoms with Crippen LogP contribution in [0.5, 0.6) is 0 Å². The fraction of sp³-hybridized carbons (Fsp3) is 0.500. The van der Waals surface area contributed by atoms with E-state index in [-0.39, 0.29) is 5.92 Å². The van der Waals surface area contributed by atoms with Crippen molar-refractivity contribution >= 4 is 0 Å². The Morgan fingerprint density at radius 2 is 1.67 bits per heavy atom. The van der Waals surface area contributed by atoms with Crippen molar-refractivity contribution in [1.82, 2.24) is 0 Å². The van der Waals surface area contributed by atoms with Gasteiger partial charge in [-0.15, -0.1) is 0 Å². The predicted molar refractivity (Wildman–Crippen MR) is 52.9 cm³/mol. The van der Waals surface area contributed by atoms with Gasteiger partial charge in [0.05, 0.1) is 5.56 Å². The quantitative estimate of drug-likeness (QED) is 0.603. The molecule has 0 radical (unpaired) electrons. The first-order valence-electron chi connectivity index (χ1n) is 5.10. The summed E-state index contributed by atoms with van der Waals surface area (Å²) < 4.78 is 37.4. The average Bonchev–Trinajstić information content (AvgIpc) is 2.41. The van der Waals surface area contributed by atoms with Gasteiger partial charge in [0.25, 0.3) is 0 Å². The van der Waals surface area contributed by atoms with E-state index in [1.807, 2.05) is 6.92 Å². The van der Waals surface area contributed by atoms with E-state index in [1.54, 1.807) is 6.07 Å². The minimum absolute atomic E-state index is 0.247. The highest BCUT2D eigenvalue weighted by Crippen LogP contribution is 2.43. The molecule has 0 saturated heterocycles. The summed E-state index contributed by atoms with van der Waals surface area (Å²) in [4.78, 5) is 0. The van der Waals surface area contributed by atoms with Gasteiger partial charge < -0.3 is 0 Å². The summed E-state index contributed by atoms with van der Waals surface area (Å²) in [5.41, 5.74) is 1.43. The Hall–Kier alpha value is -0.990. The second kappa shape index (κ2) is 3.26. The molecular weight excluding hydrogens is 201 g/mol. The van der Waals surface area contributed by atoms with E-state index < -0.39 is 11.7 Å². The largest absolute Gasteiger partial charge is 0.416 e. The third-order valence-electron chi connectivity index (χ3n) is 3.18. The Morgan fingerprint density at radius 1 is 1.07 bits per heavy atom. The van der Waals surface area contributed by atoms with Gasteiger partial charge in [0.15, 0.2) is 0 Å². The van der Waals surface area contributed by atoms with Gasteiger partial charge in [-0.05, 0) is 41.5 Å². The van der Waals surface area contributed by atoms with Gasteiger partial charge in [-0.2, -0.15) is 13.2 Å². The summed E-state index contributed by atoms with van der Waals surface area (Å²) in [6, 6.07) is 4.13. The van der Waals surface area contributed by atoms with Gasteiger partial charge in [0.1, 0.15) is 0 Å². The number of alkyl halides is 3. The summed E-state index contributed by atoms with van der Waals surface area (Å²) >= 11 is 0. The number of halogens is 3. The lowest BCUT2D eigenvalue weighted by Gasteiger charge is -2.11. The highest BCUT2D eigenvalue weighted by molar-refractivity contribution is 5.41. The van der Waals surface area contributed by atoms with Gasteiger partial charge in [0.2, 0.25) is 0 Å². The maximum absolute atomic E-state index is 12.5. The Balaban J connectivity index is 2.48. The fourth-order valence-corrected chi connectivity index (χ4v) is 2.41. The Bertz CT molecular complexity index is 379. The maximum atomic E-state index is 12.5. The summed E-state index contributed by atoms with van der Waals surface area (Å²) in [7, 11) is 0. The van der Waals surface area contributed by atoms with Gasteiger partial charge in [-0.25, -0.2) is 0 Å². The van der Waals surface area contributed by atoms with Crippen molar-refractivity contribution < 1.29 is 13.2 Å². The Morgan fingerprint density at radius 3 is 2.27 bits per heavy atom. The molecule has 1 aromatic carbocycles. The van der Waals surface area contributed by atoms with E-state index >= 15 is 0 Å². The van der Waals surface area contributed by atoms with Crippen LogP contribution in [-0.4, -0.2) is 0 Å². The molecule has 0 saturated carbocycles. The fourth-order valence-electron chi connectivity index (χ4n) is 2.41. The van der Waals surface area contributed by atoms with Crippen molar-refractivity contribution in [3.05, 3.63) is 34.9 Å². The van der Waals surface area contributed by atoms with Crippen molar-refractivity contribution in [2.75, 3.05) is 0 Å². The van der Waals surface area contributed by atoms with Crippen LogP contribution in [0.4, 0.5) is 13.2 Å². The van der Waals surface area contributed by atoms with Crippen LogP contribution in [0.1, 0.15) is 48.8 Å². The summed E-state index contributed by atoms with van der Waals surface area (Å²) in [5, 5.41) is 0. The summed E-state index contributed by atoms with van der Waals surface area (Å²) in [6.07, 6.45) is -3.27. The molecule has 2 unspecified atom stereocenters. The van der Waals surface area contributed by atoms with E-state index in [9.17, 15) is 13.2 Å². The molecule has 0 spiro atoms. The Labute approximate surface area is 87.1 Å². The smallest absolute Gasteiger partial charge is 0.166 e. The lowest BCUT2D eigenvalue weighted by Crippen LogP contribution is -2.05. The molecule has 0 heterocycles. The molecule has 82 valence electrons. The standard InChI is InChI=1S/C12H13F3/c1-7-5-8(2)11-6-9(12(13,14)15)3-4-10(7)11/h3-4,6-8H,5H2,1-2H3. The maximum Gasteiger partial charge on any atom is 0.416 e. The van der Waals surface area contributed by atoms with Crippen LogP contribution in [0.3, 0.4) is 0 Å². The molecule has 1 aliphatic carbocycles. The molecule has 2 rings (SSSR count). The first kappa shape index (κ1) is 10.5. The molecule has 0 aromatic heterocycles. The van der Waals surface area contributed by atoms with Crippen LogP contribution in [0.15, 0.2) is 18.2 Å². The van der Waals surface area contributed by atoms with Crippen LogP contribution in [0.2, 0.25) is 0 Å². The van der Waals surface area contributed by atoms with Gasteiger partial charge in [0, 0.05) is 0 Å². The van der Waals surface area contributed by atoms with Gasteiger partial charge in [-0.1, -0.05) is 19.9 Å². The highest BCUT2D eigenvalue weighted by Gasteiger charge is 2.33. The first-order chi connectivity index (χ1) is 6.89. The topological polar surface area (TPSA) is 0 Å². The van der Waals surface area contributed by atoms with Crippen LogP contribution < -0.4 is 0 Å². The normalized spacial score (nSPS) is 25.4. The second-order valence-electron chi connectivity index (χ2n) is 4.38. The molecule has 0 N–H and O–H groups in total. The van der Waals surface area contributed by atoms with E-state index in [0.29, 0.717) is 5.92 Å². The molecule has 2 atom stereocenters. The number of benzene rings is 1. The summed E-state index contributed by atoms with van der Waals surface area (Å²) in [5.74, 6) is 0.634. The zero-order chi connectivity index (χ0) is 11.2. The minimum atomic E-state index is -4.22. The van der Waals surface area contributed by atoms with Crippen LogP contribution in [-0.2, 0) is 6.18 Å². The SMILES string of the molecule is CC1CC(C)c2cc(C(F)(F)F)ccc21. The van der Waals surface area contributed by atoms with Gasteiger partial charge >= 0.3 is 6.18 Å². The predicted octanol–water partition coefficient (Wildman–Crippen LogP) is 4.32. The Kier molecular flexibility index (Phi) is 2.28. The molecule has 0 amide bonds. The van der Waals surface area contributed by atoms with Crippen LogP contribution in [0.25, 0.3) is 0 Å². The third kappa shape index (κ3) is 1.75. The molecule has 0 nitrogen and oxygen atoms in total. The zero-order valence-corrected chi connectivity index (χ0v) is 8.73. The molecule has 0 fully saturated rings. The van der Waals surface area contributed by atoms with Crippen molar-refractivity contribution in [3.8, 4) is 0 Å². The molecular formula is C12H13F3. The molecule has 15 heavy (non-hydrogen) atoms. The van der Waals surface area contributed by atoms with Gasteiger partial charge in [-0.3, -0.25) is 0 Å².